The Morgan fingerprint density at radius 2 is 2.47 bits per heavy atom. The van der Waals surface area contributed by atoms with Gasteiger partial charge < -0.3 is 15.8 Å². The Kier molecular flexibility index (Phi) is 4.42. The second-order valence-electron chi connectivity index (χ2n) is 5.41. The highest BCUT2D eigenvalue weighted by Crippen LogP contribution is 2.22. The SMILES string of the molecule is CC(C)C1CC(Nc2cnn(CC(N)=O)c2)CCO1. The van der Waals surface area contributed by atoms with E-state index in [9.17, 15) is 4.79 Å². The van der Waals surface area contributed by atoms with Crippen molar-refractivity contribution in [1.29, 1.82) is 0 Å². The number of nitrogens with two attached hydrogens (primary N) is 1. The van der Waals surface area contributed by atoms with Crippen LogP contribution in [-0.4, -0.2) is 34.4 Å². The molecule has 1 amide bonds. The van der Waals surface area contributed by atoms with Gasteiger partial charge in [-0.3, -0.25) is 9.48 Å². The monoisotopic (exact) mass is 266 g/mol. The fourth-order valence-corrected chi connectivity index (χ4v) is 2.34. The molecule has 0 bridgehead atoms. The largest absolute Gasteiger partial charge is 0.380 e. The third-order valence-electron chi connectivity index (χ3n) is 3.38. The number of anilines is 1. The average Bonchev–Trinajstić information content (AvgIpc) is 2.76. The predicted octanol–water partition coefficient (Wildman–Crippen LogP) is 0.984. The summed E-state index contributed by atoms with van der Waals surface area (Å²) in [4.78, 5) is 10.8. The van der Waals surface area contributed by atoms with Crippen LogP contribution in [0.1, 0.15) is 26.7 Å². The Balaban J connectivity index is 1.89. The number of carbonyl (C=O) groups excluding carboxylic acids is 1. The molecule has 0 saturated carbocycles. The van der Waals surface area contributed by atoms with Gasteiger partial charge in [0.25, 0.3) is 0 Å². The molecule has 2 atom stereocenters. The van der Waals surface area contributed by atoms with Gasteiger partial charge >= 0.3 is 0 Å². The zero-order valence-corrected chi connectivity index (χ0v) is 11.5. The van der Waals surface area contributed by atoms with Crippen molar-refractivity contribution >= 4 is 11.6 Å². The first kappa shape index (κ1) is 13.9. The molecule has 2 unspecified atom stereocenters. The summed E-state index contributed by atoms with van der Waals surface area (Å²) in [6.07, 6.45) is 5.84. The molecule has 1 aliphatic heterocycles. The highest BCUT2D eigenvalue weighted by atomic mass is 16.5. The quantitative estimate of drug-likeness (QED) is 0.832. The highest BCUT2D eigenvalue weighted by molar-refractivity contribution is 5.73. The summed E-state index contributed by atoms with van der Waals surface area (Å²) in [5.41, 5.74) is 6.06. The first-order valence-electron chi connectivity index (χ1n) is 6.73. The van der Waals surface area contributed by atoms with Crippen LogP contribution in [0, 0.1) is 5.92 Å². The van der Waals surface area contributed by atoms with Crippen LogP contribution < -0.4 is 11.1 Å². The molecular formula is C13H22N4O2. The van der Waals surface area contributed by atoms with E-state index in [0.29, 0.717) is 18.1 Å². The maximum Gasteiger partial charge on any atom is 0.239 e. The number of primary amides is 1. The second-order valence-corrected chi connectivity index (χ2v) is 5.41. The van der Waals surface area contributed by atoms with Crippen LogP contribution in [0.4, 0.5) is 5.69 Å². The van der Waals surface area contributed by atoms with Crippen LogP contribution in [0.3, 0.4) is 0 Å². The Hall–Kier alpha value is -1.56. The molecule has 106 valence electrons. The number of nitrogens with zero attached hydrogens (tertiary/aromatic N) is 2. The molecule has 0 spiro atoms. The standard InChI is InChI=1S/C13H22N4O2/c1-9(2)12-5-10(3-4-19-12)16-11-6-15-17(7-11)8-13(14)18/h6-7,9-10,12,16H,3-5,8H2,1-2H3,(H2,14,18). The van der Waals surface area contributed by atoms with Gasteiger partial charge in [-0.15, -0.1) is 0 Å². The van der Waals surface area contributed by atoms with Gasteiger partial charge in [-0.2, -0.15) is 5.10 Å². The van der Waals surface area contributed by atoms with Crippen molar-refractivity contribution in [3.8, 4) is 0 Å². The predicted molar refractivity (Wildman–Crippen MR) is 72.6 cm³/mol. The maximum atomic E-state index is 10.8. The molecule has 2 heterocycles. The molecule has 19 heavy (non-hydrogen) atoms. The van der Waals surface area contributed by atoms with Crippen molar-refractivity contribution in [1.82, 2.24) is 9.78 Å². The van der Waals surface area contributed by atoms with E-state index < -0.39 is 0 Å². The molecule has 1 fully saturated rings. The number of aromatic nitrogens is 2. The third-order valence-corrected chi connectivity index (χ3v) is 3.38. The van der Waals surface area contributed by atoms with Crippen molar-refractivity contribution < 1.29 is 9.53 Å². The Morgan fingerprint density at radius 3 is 3.16 bits per heavy atom. The van der Waals surface area contributed by atoms with Gasteiger partial charge in [-0.05, 0) is 18.8 Å². The summed E-state index contributed by atoms with van der Waals surface area (Å²) < 4.78 is 7.29. The number of ether oxygens (including phenoxy) is 1. The topological polar surface area (TPSA) is 82.2 Å². The van der Waals surface area contributed by atoms with Crippen LogP contribution in [-0.2, 0) is 16.1 Å². The lowest BCUT2D eigenvalue weighted by molar-refractivity contribution is -0.118. The van der Waals surface area contributed by atoms with Crippen LogP contribution in [0.5, 0.6) is 0 Å². The lowest BCUT2D eigenvalue weighted by Crippen LogP contribution is -2.36. The molecule has 1 aromatic heterocycles. The highest BCUT2D eigenvalue weighted by Gasteiger charge is 2.24. The van der Waals surface area contributed by atoms with Crippen LogP contribution in [0.25, 0.3) is 0 Å². The fraction of sp³-hybridized carbons (Fsp3) is 0.692. The minimum atomic E-state index is -0.388. The smallest absolute Gasteiger partial charge is 0.239 e. The summed E-state index contributed by atoms with van der Waals surface area (Å²) in [6, 6.07) is 0.396. The van der Waals surface area contributed by atoms with Crippen LogP contribution in [0.15, 0.2) is 12.4 Å². The molecule has 6 heteroatoms. The van der Waals surface area contributed by atoms with Gasteiger partial charge in [0, 0.05) is 18.8 Å². The van der Waals surface area contributed by atoms with Crippen molar-refractivity contribution in [3.63, 3.8) is 0 Å². The summed E-state index contributed by atoms with van der Waals surface area (Å²) >= 11 is 0. The Labute approximate surface area is 113 Å². The summed E-state index contributed by atoms with van der Waals surface area (Å²) in [7, 11) is 0. The van der Waals surface area contributed by atoms with E-state index in [1.54, 1.807) is 10.9 Å². The van der Waals surface area contributed by atoms with E-state index in [4.69, 9.17) is 10.5 Å². The van der Waals surface area contributed by atoms with E-state index >= 15 is 0 Å². The Bertz CT molecular complexity index is 430. The molecule has 3 N–H and O–H groups in total. The molecular weight excluding hydrogens is 244 g/mol. The number of rotatable bonds is 5. The van der Waals surface area contributed by atoms with Gasteiger partial charge in [-0.1, -0.05) is 13.8 Å². The van der Waals surface area contributed by atoms with Gasteiger partial charge in [-0.25, -0.2) is 0 Å². The number of amides is 1. The molecule has 0 radical (unpaired) electrons. The van der Waals surface area contributed by atoms with E-state index in [0.717, 1.165) is 25.1 Å². The van der Waals surface area contributed by atoms with Crippen LogP contribution >= 0.6 is 0 Å². The Morgan fingerprint density at radius 1 is 1.68 bits per heavy atom. The normalized spacial score (nSPS) is 23.5. The lowest BCUT2D eigenvalue weighted by Gasteiger charge is -2.32. The molecule has 0 aromatic carbocycles. The zero-order valence-electron chi connectivity index (χ0n) is 11.5. The van der Waals surface area contributed by atoms with E-state index in [2.05, 4.69) is 24.3 Å². The lowest BCUT2D eigenvalue weighted by atomic mass is 9.95. The first-order chi connectivity index (χ1) is 9.04. The number of hydrogen-bond donors (Lipinski definition) is 2. The molecule has 0 aliphatic carbocycles. The summed E-state index contributed by atoms with van der Waals surface area (Å²) in [6.45, 7) is 5.26. The van der Waals surface area contributed by atoms with E-state index in [1.165, 1.54) is 0 Å². The summed E-state index contributed by atoms with van der Waals surface area (Å²) in [5, 5.41) is 7.54. The van der Waals surface area contributed by atoms with Crippen molar-refractivity contribution in [2.45, 2.75) is 45.4 Å². The van der Waals surface area contributed by atoms with Gasteiger partial charge in [0.1, 0.15) is 6.54 Å². The number of hydrogen-bond acceptors (Lipinski definition) is 4. The minimum absolute atomic E-state index is 0.115. The zero-order chi connectivity index (χ0) is 13.8. The molecule has 6 nitrogen and oxygen atoms in total. The minimum Gasteiger partial charge on any atom is -0.380 e. The van der Waals surface area contributed by atoms with E-state index in [1.807, 2.05) is 6.20 Å². The molecule has 2 rings (SSSR count). The van der Waals surface area contributed by atoms with Gasteiger partial charge in [0.05, 0.1) is 18.0 Å². The molecule has 1 saturated heterocycles. The van der Waals surface area contributed by atoms with Crippen molar-refractivity contribution in [3.05, 3.63) is 12.4 Å². The third kappa shape index (κ3) is 3.96. The van der Waals surface area contributed by atoms with Crippen LogP contribution in [0.2, 0.25) is 0 Å². The van der Waals surface area contributed by atoms with Crippen molar-refractivity contribution in [2.75, 3.05) is 11.9 Å². The number of nitrogens with one attached hydrogen (secondary N) is 1. The second kappa shape index (κ2) is 6.06. The van der Waals surface area contributed by atoms with Gasteiger partial charge in [0.15, 0.2) is 0 Å². The van der Waals surface area contributed by atoms with E-state index in [-0.39, 0.29) is 12.5 Å². The number of carbonyl (C=O) groups is 1. The fourth-order valence-electron chi connectivity index (χ4n) is 2.34. The first-order valence-corrected chi connectivity index (χ1v) is 6.73. The van der Waals surface area contributed by atoms with Crippen molar-refractivity contribution in [2.24, 2.45) is 11.7 Å². The average molecular weight is 266 g/mol. The van der Waals surface area contributed by atoms with Gasteiger partial charge in [0.2, 0.25) is 5.91 Å². The molecule has 1 aromatic rings. The molecule has 1 aliphatic rings. The maximum absolute atomic E-state index is 10.8. The summed E-state index contributed by atoms with van der Waals surface area (Å²) in [5.74, 6) is 0.141.